The molecular weight excluding hydrogens is 338 g/mol. The molecule has 0 unspecified atom stereocenters. The minimum Gasteiger partial charge on any atom is -0.367 e. The third-order valence-electron chi connectivity index (χ3n) is 4.43. The fraction of sp³-hybridized carbons (Fsp3) is 0.556. The minimum atomic E-state index is -3.24. The van der Waals surface area contributed by atoms with Gasteiger partial charge in [-0.05, 0) is 30.2 Å². The molecular formula is C18H25N3O3S. The molecule has 1 aliphatic heterocycles. The normalized spacial score (nSPS) is 17.2. The van der Waals surface area contributed by atoms with Gasteiger partial charge in [-0.1, -0.05) is 13.8 Å². The number of anilines is 1. The van der Waals surface area contributed by atoms with E-state index in [1.165, 1.54) is 12.1 Å². The van der Waals surface area contributed by atoms with Crippen LogP contribution < -0.4 is 5.32 Å². The maximum Gasteiger partial charge on any atom is 0.222 e. The van der Waals surface area contributed by atoms with E-state index in [1.54, 1.807) is 12.1 Å². The Morgan fingerprint density at radius 3 is 2.28 bits per heavy atom. The van der Waals surface area contributed by atoms with Crippen molar-refractivity contribution in [1.82, 2.24) is 4.90 Å². The van der Waals surface area contributed by atoms with Crippen molar-refractivity contribution in [3.05, 3.63) is 24.3 Å². The fourth-order valence-corrected chi connectivity index (χ4v) is 3.57. The lowest BCUT2D eigenvalue weighted by Crippen LogP contribution is -2.50. The van der Waals surface area contributed by atoms with Crippen LogP contribution in [0.25, 0.3) is 0 Å². The smallest absolute Gasteiger partial charge is 0.222 e. The van der Waals surface area contributed by atoms with Crippen LogP contribution in [0.15, 0.2) is 29.2 Å². The van der Waals surface area contributed by atoms with Crippen LogP contribution in [0, 0.1) is 17.2 Å². The Kier molecular flexibility index (Phi) is 5.73. The topological polar surface area (TPSA) is 90.3 Å². The molecule has 0 aliphatic carbocycles. The quantitative estimate of drug-likeness (QED) is 0.868. The van der Waals surface area contributed by atoms with Crippen molar-refractivity contribution in [2.24, 2.45) is 5.92 Å². The summed E-state index contributed by atoms with van der Waals surface area (Å²) in [6, 6.07) is 8.75. The molecule has 1 amide bonds. The number of rotatable bonds is 5. The number of carbonyl (C=O) groups excluding carboxylic acids is 1. The first-order valence-corrected chi connectivity index (χ1v) is 10.3. The number of benzene rings is 1. The Labute approximate surface area is 149 Å². The van der Waals surface area contributed by atoms with E-state index in [4.69, 9.17) is 0 Å². The number of carbonyl (C=O) groups is 1. The molecule has 1 heterocycles. The summed E-state index contributed by atoms with van der Waals surface area (Å²) in [6.07, 6.45) is 2.78. The van der Waals surface area contributed by atoms with E-state index in [0.29, 0.717) is 44.0 Å². The number of amides is 1. The van der Waals surface area contributed by atoms with Gasteiger partial charge < -0.3 is 10.2 Å². The first-order chi connectivity index (χ1) is 11.6. The van der Waals surface area contributed by atoms with E-state index in [-0.39, 0.29) is 10.8 Å². The Balaban J connectivity index is 2.03. The first-order valence-electron chi connectivity index (χ1n) is 8.42. The lowest BCUT2D eigenvalue weighted by Gasteiger charge is -2.38. The molecule has 1 aliphatic rings. The molecule has 136 valence electrons. The zero-order valence-electron chi connectivity index (χ0n) is 14.9. The third kappa shape index (κ3) is 4.95. The molecule has 0 spiro atoms. The molecule has 1 saturated heterocycles. The maximum atomic E-state index is 12.2. The molecule has 1 fully saturated rings. The lowest BCUT2D eigenvalue weighted by atomic mass is 9.88. The predicted molar refractivity (Wildman–Crippen MR) is 96.8 cm³/mol. The second kappa shape index (κ2) is 7.44. The SMILES string of the molecule is CC(C)CC(=O)N1CCC(C#N)(Nc2ccc(S(C)(=O)=O)cc2)CC1. The zero-order chi connectivity index (χ0) is 18.7. The highest BCUT2D eigenvalue weighted by molar-refractivity contribution is 7.90. The van der Waals surface area contributed by atoms with Gasteiger partial charge in [0.2, 0.25) is 5.91 Å². The summed E-state index contributed by atoms with van der Waals surface area (Å²) in [5.74, 6) is 0.459. The van der Waals surface area contributed by atoms with Crippen LogP contribution in [-0.2, 0) is 14.6 Å². The number of nitrogens with zero attached hydrogens (tertiary/aromatic N) is 2. The number of nitriles is 1. The molecule has 0 radical (unpaired) electrons. The van der Waals surface area contributed by atoms with E-state index in [0.717, 1.165) is 6.26 Å². The van der Waals surface area contributed by atoms with Crippen LogP contribution in [0.5, 0.6) is 0 Å². The standard InChI is InChI=1S/C18H25N3O3S/c1-14(2)12-17(22)21-10-8-18(13-19,9-11-21)20-15-4-6-16(7-5-15)25(3,23)24/h4-7,14,20H,8-12H2,1-3H3. The molecule has 7 heteroatoms. The Morgan fingerprint density at radius 1 is 1.28 bits per heavy atom. The molecule has 6 nitrogen and oxygen atoms in total. The Morgan fingerprint density at radius 2 is 1.84 bits per heavy atom. The van der Waals surface area contributed by atoms with E-state index in [9.17, 15) is 18.5 Å². The van der Waals surface area contributed by atoms with Gasteiger partial charge in [0.15, 0.2) is 9.84 Å². The van der Waals surface area contributed by atoms with E-state index >= 15 is 0 Å². The van der Waals surface area contributed by atoms with Crippen LogP contribution in [0.1, 0.15) is 33.1 Å². The maximum absolute atomic E-state index is 12.2. The average Bonchev–Trinajstić information content (AvgIpc) is 2.54. The van der Waals surface area contributed by atoms with Crippen molar-refractivity contribution >= 4 is 21.4 Å². The summed E-state index contributed by atoms with van der Waals surface area (Å²) < 4.78 is 23.0. The van der Waals surface area contributed by atoms with Gasteiger partial charge in [0.1, 0.15) is 5.54 Å². The van der Waals surface area contributed by atoms with Gasteiger partial charge in [0.25, 0.3) is 0 Å². The largest absolute Gasteiger partial charge is 0.367 e. The van der Waals surface area contributed by atoms with Crippen LogP contribution in [0.3, 0.4) is 0 Å². The minimum absolute atomic E-state index is 0.138. The van der Waals surface area contributed by atoms with Crippen molar-refractivity contribution in [2.45, 2.75) is 43.5 Å². The van der Waals surface area contributed by atoms with Gasteiger partial charge in [-0.25, -0.2) is 8.42 Å². The zero-order valence-corrected chi connectivity index (χ0v) is 15.8. The van der Waals surface area contributed by atoms with E-state index < -0.39 is 15.4 Å². The number of hydrogen-bond acceptors (Lipinski definition) is 5. The van der Waals surface area contributed by atoms with Gasteiger partial charge in [-0.3, -0.25) is 4.79 Å². The summed E-state index contributed by atoms with van der Waals surface area (Å²) in [6.45, 7) is 5.13. The van der Waals surface area contributed by atoms with Crippen LogP contribution in [0.4, 0.5) is 5.69 Å². The highest BCUT2D eigenvalue weighted by atomic mass is 32.2. The molecule has 1 N–H and O–H groups in total. The molecule has 1 aromatic rings. The Hall–Kier alpha value is -2.07. The van der Waals surface area contributed by atoms with Crippen molar-refractivity contribution < 1.29 is 13.2 Å². The number of piperidine rings is 1. The van der Waals surface area contributed by atoms with Crippen molar-refractivity contribution in [1.29, 1.82) is 5.26 Å². The molecule has 25 heavy (non-hydrogen) atoms. The second-order valence-corrected chi connectivity index (χ2v) is 9.11. The van der Waals surface area contributed by atoms with Crippen LogP contribution in [-0.4, -0.2) is 44.1 Å². The molecule has 0 saturated carbocycles. The first kappa shape index (κ1) is 19.3. The second-order valence-electron chi connectivity index (χ2n) is 7.09. The summed E-state index contributed by atoms with van der Waals surface area (Å²) in [7, 11) is -3.24. The Bertz CT molecular complexity index is 756. The molecule has 0 bridgehead atoms. The van der Waals surface area contributed by atoms with Gasteiger partial charge in [-0.2, -0.15) is 5.26 Å². The van der Waals surface area contributed by atoms with Crippen molar-refractivity contribution in [3.8, 4) is 6.07 Å². The lowest BCUT2D eigenvalue weighted by molar-refractivity contribution is -0.133. The number of nitrogens with one attached hydrogen (secondary N) is 1. The number of likely N-dealkylation sites (tertiary alicyclic amines) is 1. The summed E-state index contributed by atoms with van der Waals surface area (Å²) >= 11 is 0. The summed E-state index contributed by atoms with van der Waals surface area (Å²) in [5, 5.41) is 12.9. The summed E-state index contributed by atoms with van der Waals surface area (Å²) in [5.41, 5.74) is -0.0304. The van der Waals surface area contributed by atoms with Crippen LogP contribution in [0.2, 0.25) is 0 Å². The average molecular weight is 363 g/mol. The monoisotopic (exact) mass is 363 g/mol. The fourth-order valence-electron chi connectivity index (χ4n) is 2.94. The van der Waals surface area contributed by atoms with Crippen molar-refractivity contribution in [3.63, 3.8) is 0 Å². The molecule has 1 aromatic carbocycles. The van der Waals surface area contributed by atoms with Gasteiger partial charge in [0, 0.05) is 44.3 Å². The van der Waals surface area contributed by atoms with E-state index in [2.05, 4.69) is 11.4 Å². The highest BCUT2D eigenvalue weighted by Crippen LogP contribution is 2.28. The highest BCUT2D eigenvalue weighted by Gasteiger charge is 2.36. The van der Waals surface area contributed by atoms with E-state index in [1.807, 2.05) is 18.7 Å². The molecule has 0 aromatic heterocycles. The van der Waals surface area contributed by atoms with Gasteiger partial charge in [0.05, 0.1) is 11.0 Å². The predicted octanol–water partition coefficient (Wildman–Crippen LogP) is 2.43. The van der Waals surface area contributed by atoms with Crippen LogP contribution >= 0.6 is 0 Å². The number of sulfone groups is 1. The summed E-state index contributed by atoms with van der Waals surface area (Å²) in [4.78, 5) is 14.2. The number of hydrogen-bond donors (Lipinski definition) is 1. The van der Waals surface area contributed by atoms with Gasteiger partial charge in [-0.15, -0.1) is 0 Å². The molecule has 2 rings (SSSR count). The van der Waals surface area contributed by atoms with Crippen molar-refractivity contribution in [2.75, 3.05) is 24.7 Å². The van der Waals surface area contributed by atoms with Gasteiger partial charge >= 0.3 is 0 Å². The third-order valence-corrected chi connectivity index (χ3v) is 5.56. The molecule has 0 atom stereocenters.